The molecule has 8 heteroatoms. The third kappa shape index (κ3) is 4.79. The predicted octanol–water partition coefficient (Wildman–Crippen LogP) is 3.78. The third-order valence-corrected chi connectivity index (χ3v) is 4.33. The average molecular weight is 405 g/mol. The van der Waals surface area contributed by atoms with E-state index in [0.29, 0.717) is 5.69 Å². The van der Waals surface area contributed by atoms with Gasteiger partial charge in [-0.2, -0.15) is 0 Å². The van der Waals surface area contributed by atoms with Crippen LogP contribution in [-0.4, -0.2) is 23.8 Å². The van der Waals surface area contributed by atoms with Crippen LogP contribution in [-0.2, 0) is 16.1 Å². The Morgan fingerprint density at radius 3 is 2.23 bits per heavy atom. The Kier molecular flexibility index (Phi) is 6.39. The summed E-state index contributed by atoms with van der Waals surface area (Å²) in [5, 5.41) is 13.4. The van der Waals surface area contributed by atoms with Crippen molar-refractivity contribution in [1.82, 2.24) is 0 Å². The minimum atomic E-state index is -0.887. The summed E-state index contributed by atoms with van der Waals surface area (Å²) >= 11 is 0. The summed E-state index contributed by atoms with van der Waals surface area (Å²) in [5.41, 5.74) is 1.40. The number of nitro benzene ring substituents is 1. The zero-order valence-corrected chi connectivity index (χ0v) is 16.1. The molecule has 0 fully saturated rings. The van der Waals surface area contributed by atoms with E-state index in [-0.39, 0.29) is 23.7 Å². The van der Waals surface area contributed by atoms with Gasteiger partial charge in [-0.05, 0) is 23.8 Å². The molecule has 3 aromatic rings. The SMILES string of the molecule is COc1cc([N+](=O)[O-])ccc1NC(=O)C(=O)N(Cc1ccccc1)c1ccccc1. The first kappa shape index (κ1) is 20.5. The summed E-state index contributed by atoms with van der Waals surface area (Å²) in [6.45, 7) is 0.203. The lowest BCUT2D eigenvalue weighted by atomic mass is 10.2. The van der Waals surface area contributed by atoms with E-state index in [0.717, 1.165) is 5.56 Å². The molecule has 8 nitrogen and oxygen atoms in total. The van der Waals surface area contributed by atoms with Gasteiger partial charge in [-0.25, -0.2) is 0 Å². The van der Waals surface area contributed by atoms with Crippen LogP contribution >= 0.6 is 0 Å². The number of nitrogens with one attached hydrogen (secondary N) is 1. The summed E-state index contributed by atoms with van der Waals surface area (Å²) in [5.74, 6) is -1.58. The molecule has 3 aromatic carbocycles. The molecule has 0 aromatic heterocycles. The molecular formula is C22H19N3O5. The van der Waals surface area contributed by atoms with Crippen LogP contribution in [0.4, 0.5) is 17.1 Å². The van der Waals surface area contributed by atoms with Crippen molar-refractivity contribution in [1.29, 1.82) is 0 Å². The molecule has 0 saturated carbocycles. The Balaban J connectivity index is 1.85. The van der Waals surface area contributed by atoms with Crippen molar-refractivity contribution in [2.75, 3.05) is 17.3 Å². The van der Waals surface area contributed by atoms with Crippen molar-refractivity contribution in [2.45, 2.75) is 6.54 Å². The second-order valence-electron chi connectivity index (χ2n) is 6.31. The zero-order valence-electron chi connectivity index (χ0n) is 16.1. The van der Waals surface area contributed by atoms with Crippen molar-refractivity contribution in [3.63, 3.8) is 0 Å². The predicted molar refractivity (Wildman–Crippen MR) is 112 cm³/mol. The number of amides is 2. The monoisotopic (exact) mass is 405 g/mol. The molecule has 3 rings (SSSR count). The molecule has 0 aliphatic heterocycles. The maximum Gasteiger partial charge on any atom is 0.316 e. The Labute approximate surface area is 172 Å². The molecule has 0 aliphatic carbocycles. The lowest BCUT2D eigenvalue weighted by Gasteiger charge is -2.22. The Bertz CT molecular complexity index is 1050. The summed E-state index contributed by atoms with van der Waals surface area (Å²) in [7, 11) is 1.32. The number of carbonyl (C=O) groups excluding carboxylic acids is 2. The van der Waals surface area contributed by atoms with E-state index in [1.54, 1.807) is 24.3 Å². The quantitative estimate of drug-likeness (QED) is 0.382. The fraction of sp³-hybridized carbons (Fsp3) is 0.0909. The van der Waals surface area contributed by atoms with Crippen LogP contribution in [0.3, 0.4) is 0 Å². The number of para-hydroxylation sites is 1. The number of methoxy groups -OCH3 is 1. The number of non-ortho nitro benzene ring substituents is 1. The fourth-order valence-electron chi connectivity index (χ4n) is 2.85. The smallest absolute Gasteiger partial charge is 0.316 e. The summed E-state index contributed by atoms with van der Waals surface area (Å²) in [6, 6.07) is 21.9. The number of benzene rings is 3. The number of nitrogens with zero attached hydrogens (tertiary/aromatic N) is 2. The second-order valence-corrected chi connectivity index (χ2v) is 6.31. The minimum Gasteiger partial charge on any atom is -0.494 e. The van der Waals surface area contributed by atoms with Crippen molar-refractivity contribution < 1.29 is 19.2 Å². The summed E-state index contributed by atoms with van der Waals surface area (Å²) < 4.78 is 5.11. The van der Waals surface area contributed by atoms with Gasteiger partial charge < -0.3 is 10.1 Å². The van der Waals surface area contributed by atoms with Gasteiger partial charge in [-0.15, -0.1) is 0 Å². The number of rotatable bonds is 6. The molecule has 0 aliphatic rings. The van der Waals surface area contributed by atoms with E-state index in [2.05, 4.69) is 5.32 Å². The molecule has 0 bridgehead atoms. The van der Waals surface area contributed by atoms with E-state index in [1.807, 2.05) is 36.4 Å². The number of ether oxygens (including phenoxy) is 1. The van der Waals surface area contributed by atoms with E-state index < -0.39 is 16.7 Å². The van der Waals surface area contributed by atoms with Gasteiger partial charge in [0, 0.05) is 11.8 Å². The normalized spacial score (nSPS) is 10.2. The molecule has 152 valence electrons. The lowest BCUT2D eigenvalue weighted by molar-refractivity contribution is -0.384. The molecular weight excluding hydrogens is 386 g/mol. The maximum atomic E-state index is 13.0. The molecule has 1 N–H and O–H groups in total. The molecule has 0 heterocycles. The first-order valence-corrected chi connectivity index (χ1v) is 9.04. The van der Waals surface area contributed by atoms with Gasteiger partial charge in [0.1, 0.15) is 5.75 Å². The van der Waals surface area contributed by atoms with Crippen LogP contribution in [0.1, 0.15) is 5.56 Å². The van der Waals surface area contributed by atoms with Gasteiger partial charge in [0.25, 0.3) is 5.69 Å². The summed E-state index contributed by atoms with van der Waals surface area (Å²) in [4.78, 5) is 37.4. The molecule has 2 amide bonds. The summed E-state index contributed by atoms with van der Waals surface area (Å²) in [6.07, 6.45) is 0. The molecule has 0 atom stereocenters. The van der Waals surface area contributed by atoms with Gasteiger partial charge in [-0.1, -0.05) is 48.5 Å². The number of hydrogen-bond acceptors (Lipinski definition) is 5. The average Bonchev–Trinajstić information content (AvgIpc) is 2.78. The largest absolute Gasteiger partial charge is 0.494 e. The van der Waals surface area contributed by atoms with Gasteiger partial charge in [0.15, 0.2) is 0 Å². The van der Waals surface area contributed by atoms with Gasteiger partial charge in [0.05, 0.1) is 30.3 Å². The highest BCUT2D eigenvalue weighted by atomic mass is 16.6. The third-order valence-electron chi connectivity index (χ3n) is 4.33. The van der Waals surface area contributed by atoms with E-state index in [4.69, 9.17) is 4.74 Å². The van der Waals surface area contributed by atoms with Crippen molar-refractivity contribution in [2.24, 2.45) is 0 Å². The fourth-order valence-corrected chi connectivity index (χ4v) is 2.85. The number of anilines is 2. The van der Waals surface area contributed by atoms with Crippen LogP contribution in [0.2, 0.25) is 0 Å². The highest BCUT2D eigenvalue weighted by molar-refractivity contribution is 6.44. The second kappa shape index (κ2) is 9.33. The zero-order chi connectivity index (χ0) is 21.5. The van der Waals surface area contributed by atoms with Crippen LogP contribution in [0, 0.1) is 10.1 Å². The van der Waals surface area contributed by atoms with Crippen LogP contribution in [0.25, 0.3) is 0 Å². The van der Waals surface area contributed by atoms with E-state index in [1.165, 1.54) is 30.2 Å². The van der Waals surface area contributed by atoms with Crippen LogP contribution in [0.5, 0.6) is 5.75 Å². The highest BCUT2D eigenvalue weighted by Gasteiger charge is 2.25. The van der Waals surface area contributed by atoms with Crippen molar-refractivity contribution in [3.05, 3.63) is 94.5 Å². The molecule has 0 unspecified atom stereocenters. The highest BCUT2D eigenvalue weighted by Crippen LogP contribution is 2.29. The van der Waals surface area contributed by atoms with Gasteiger partial charge >= 0.3 is 11.8 Å². The Hall–Kier alpha value is -4.20. The molecule has 0 spiro atoms. The molecule has 0 radical (unpaired) electrons. The molecule has 0 saturated heterocycles. The molecule has 30 heavy (non-hydrogen) atoms. The number of nitro groups is 1. The number of hydrogen-bond donors (Lipinski definition) is 1. The standard InChI is InChI=1S/C22H19N3O5/c1-30-20-14-18(25(28)29)12-13-19(20)23-21(26)22(27)24(17-10-6-3-7-11-17)15-16-8-4-2-5-9-16/h2-14H,15H2,1H3,(H,23,26). The van der Waals surface area contributed by atoms with Gasteiger partial charge in [0.2, 0.25) is 0 Å². The van der Waals surface area contributed by atoms with Gasteiger partial charge in [-0.3, -0.25) is 24.6 Å². The number of carbonyl (C=O) groups is 2. The lowest BCUT2D eigenvalue weighted by Crippen LogP contribution is -2.39. The maximum absolute atomic E-state index is 13.0. The Morgan fingerprint density at radius 1 is 1.00 bits per heavy atom. The minimum absolute atomic E-state index is 0.0830. The van der Waals surface area contributed by atoms with E-state index in [9.17, 15) is 19.7 Å². The Morgan fingerprint density at radius 2 is 1.63 bits per heavy atom. The first-order valence-electron chi connectivity index (χ1n) is 9.04. The first-order chi connectivity index (χ1) is 14.5. The van der Waals surface area contributed by atoms with Crippen molar-refractivity contribution >= 4 is 28.9 Å². The van der Waals surface area contributed by atoms with E-state index >= 15 is 0 Å². The van der Waals surface area contributed by atoms with Crippen LogP contribution in [0.15, 0.2) is 78.9 Å². The van der Waals surface area contributed by atoms with Crippen molar-refractivity contribution in [3.8, 4) is 5.75 Å². The van der Waals surface area contributed by atoms with Crippen LogP contribution < -0.4 is 15.0 Å². The topological polar surface area (TPSA) is 102 Å².